The second-order valence-corrected chi connectivity index (χ2v) is 6.42. The van der Waals surface area contributed by atoms with E-state index < -0.39 is 7.60 Å². The zero-order valence-corrected chi connectivity index (χ0v) is 11.8. The van der Waals surface area contributed by atoms with Gasteiger partial charge in [-0.05, 0) is 34.9 Å². The third kappa shape index (κ3) is 3.15. The molecule has 0 bridgehead atoms. The molecule has 0 saturated carbocycles. The van der Waals surface area contributed by atoms with Gasteiger partial charge in [-0.2, -0.15) is 0 Å². The molecule has 0 aliphatic rings. The van der Waals surface area contributed by atoms with Crippen LogP contribution in [0.15, 0.2) is 18.2 Å². The van der Waals surface area contributed by atoms with E-state index in [0.29, 0.717) is 24.5 Å². The molecule has 3 aromatic rings. The molecule has 21 heavy (non-hydrogen) atoms. The summed E-state index contributed by atoms with van der Waals surface area (Å²) in [6, 6.07) is 5.64. The van der Waals surface area contributed by atoms with Crippen molar-refractivity contribution < 1.29 is 14.4 Å². The summed E-state index contributed by atoms with van der Waals surface area (Å²) in [6.45, 7) is 0. The normalized spacial score (nSPS) is 12.1. The lowest BCUT2D eigenvalue weighted by molar-refractivity contribution is 0.371. The molecule has 0 spiro atoms. The highest BCUT2D eigenvalue weighted by atomic mass is 31.2. The van der Waals surface area contributed by atoms with Crippen molar-refractivity contribution in [3.63, 3.8) is 0 Å². The largest absolute Gasteiger partial charge is 0.335 e. The van der Waals surface area contributed by atoms with Crippen LogP contribution in [-0.2, 0) is 11.0 Å². The minimum atomic E-state index is -3.96. The summed E-state index contributed by atoms with van der Waals surface area (Å²) >= 11 is 0. The fraction of sp³-hybridized carbons (Fsp3) is 0.273. The molecule has 0 atom stereocenters. The highest BCUT2D eigenvalue weighted by molar-refractivity contribution is 7.51. The van der Waals surface area contributed by atoms with E-state index in [-0.39, 0.29) is 6.16 Å². The van der Waals surface area contributed by atoms with Crippen LogP contribution < -0.4 is 0 Å². The number of tetrazole rings is 1. The molecule has 0 radical (unpaired) electrons. The number of rotatable bonds is 5. The molecule has 10 heteroatoms. The SMILES string of the molecule is O=P(O)(O)CCCc1cccc2[nH]c(-c3nnn[nH]3)nc12. The van der Waals surface area contributed by atoms with Crippen molar-refractivity contribution in [3.05, 3.63) is 23.8 Å². The second kappa shape index (κ2) is 5.36. The lowest BCUT2D eigenvalue weighted by Crippen LogP contribution is -1.93. The van der Waals surface area contributed by atoms with Crippen molar-refractivity contribution in [3.8, 4) is 11.6 Å². The number of nitrogens with zero attached hydrogens (tertiary/aromatic N) is 4. The maximum atomic E-state index is 10.9. The van der Waals surface area contributed by atoms with Crippen molar-refractivity contribution in [2.75, 3.05) is 6.16 Å². The monoisotopic (exact) mass is 308 g/mol. The highest BCUT2D eigenvalue weighted by Crippen LogP contribution is 2.35. The van der Waals surface area contributed by atoms with Gasteiger partial charge in [0.15, 0.2) is 5.82 Å². The number of hydrogen-bond acceptors (Lipinski definition) is 5. The number of hydrogen-bond donors (Lipinski definition) is 4. The van der Waals surface area contributed by atoms with Crippen LogP contribution in [0.4, 0.5) is 0 Å². The molecular weight excluding hydrogens is 295 g/mol. The highest BCUT2D eigenvalue weighted by Gasteiger charge is 2.14. The summed E-state index contributed by atoms with van der Waals surface area (Å²) in [5.74, 6) is 0.963. The van der Waals surface area contributed by atoms with Crippen molar-refractivity contribution in [1.82, 2.24) is 30.6 Å². The van der Waals surface area contributed by atoms with Gasteiger partial charge in [-0.25, -0.2) is 10.1 Å². The van der Waals surface area contributed by atoms with E-state index in [4.69, 9.17) is 9.79 Å². The molecule has 110 valence electrons. The summed E-state index contributed by atoms with van der Waals surface area (Å²) in [4.78, 5) is 25.4. The van der Waals surface area contributed by atoms with Gasteiger partial charge in [0.25, 0.3) is 0 Å². The van der Waals surface area contributed by atoms with Crippen LogP contribution >= 0.6 is 7.60 Å². The molecule has 1 aromatic carbocycles. The Labute approximate surface area is 119 Å². The Balaban J connectivity index is 1.87. The number of H-pyrrole nitrogens is 2. The second-order valence-electron chi connectivity index (χ2n) is 4.64. The Kier molecular flexibility index (Phi) is 3.54. The van der Waals surface area contributed by atoms with E-state index >= 15 is 0 Å². The van der Waals surface area contributed by atoms with Gasteiger partial charge in [0.05, 0.1) is 17.2 Å². The number of imidazole rings is 1. The van der Waals surface area contributed by atoms with E-state index in [1.54, 1.807) is 0 Å². The van der Waals surface area contributed by atoms with Crippen LogP contribution in [-0.4, -0.2) is 46.5 Å². The number of para-hydroxylation sites is 1. The molecular formula is C11H13N6O3P. The molecule has 0 aliphatic heterocycles. The minimum absolute atomic E-state index is 0.132. The molecule has 0 unspecified atom stereocenters. The van der Waals surface area contributed by atoms with E-state index in [1.165, 1.54) is 0 Å². The summed E-state index contributed by atoms with van der Waals surface area (Å²) < 4.78 is 10.9. The van der Waals surface area contributed by atoms with Gasteiger partial charge in [0.1, 0.15) is 0 Å². The molecule has 3 rings (SSSR count). The number of aromatic amines is 2. The molecule has 4 N–H and O–H groups in total. The molecule has 0 amide bonds. The summed E-state index contributed by atoms with van der Waals surface area (Å²) in [5.41, 5.74) is 2.51. The molecule has 0 saturated heterocycles. The van der Waals surface area contributed by atoms with Crippen LogP contribution in [0.25, 0.3) is 22.7 Å². The summed E-state index contributed by atoms with van der Waals surface area (Å²) in [7, 11) is -3.96. The lowest BCUT2D eigenvalue weighted by atomic mass is 10.1. The van der Waals surface area contributed by atoms with Crippen LogP contribution in [0, 0.1) is 0 Å². The molecule has 0 fully saturated rings. The number of aromatic nitrogens is 6. The molecule has 0 aliphatic carbocycles. The van der Waals surface area contributed by atoms with Crippen molar-refractivity contribution in [1.29, 1.82) is 0 Å². The Morgan fingerprint density at radius 3 is 2.81 bits per heavy atom. The summed E-state index contributed by atoms with van der Waals surface area (Å²) in [5, 5.41) is 13.4. The van der Waals surface area contributed by atoms with Crippen LogP contribution in [0.5, 0.6) is 0 Å². The standard InChI is InChI=1S/C11H13N6O3P/c18-21(19,20)6-2-4-7-3-1-5-8-9(7)13-10(12-8)11-14-16-17-15-11/h1,3,5H,2,4,6H2,(H,12,13)(H2,18,19,20)(H,14,15,16,17). The van der Waals surface area contributed by atoms with Gasteiger partial charge in [-0.3, -0.25) is 4.57 Å². The smallest absolute Gasteiger partial charge is 0.325 e. The average molecular weight is 308 g/mol. The fourth-order valence-electron chi connectivity index (χ4n) is 2.14. The Hall–Kier alpha value is -2.09. The Morgan fingerprint density at radius 1 is 1.24 bits per heavy atom. The van der Waals surface area contributed by atoms with Gasteiger partial charge < -0.3 is 14.8 Å². The third-order valence-corrected chi connectivity index (χ3v) is 3.96. The zero-order chi connectivity index (χ0) is 14.9. The maximum absolute atomic E-state index is 10.9. The molecule has 2 aromatic heterocycles. The first-order valence-corrected chi connectivity index (χ1v) is 8.09. The predicted octanol–water partition coefficient (Wildman–Crippen LogP) is 0.853. The van der Waals surface area contributed by atoms with Gasteiger partial charge >= 0.3 is 7.60 Å². The van der Waals surface area contributed by atoms with Gasteiger partial charge in [-0.1, -0.05) is 12.1 Å². The molecule has 2 heterocycles. The molecule has 9 nitrogen and oxygen atoms in total. The fourth-order valence-corrected chi connectivity index (χ4v) is 2.71. The third-order valence-electron chi connectivity index (χ3n) is 3.06. The summed E-state index contributed by atoms with van der Waals surface area (Å²) in [6.07, 6.45) is 0.809. The maximum Gasteiger partial charge on any atom is 0.325 e. The first-order chi connectivity index (χ1) is 10.0. The lowest BCUT2D eigenvalue weighted by Gasteiger charge is -2.04. The minimum Gasteiger partial charge on any atom is -0.335 e. The number of benzene rings is 1. The van der Waals surface area contributed by atoms with Crippen LogP contribution in [0.3, 0.4) is 0 Å². The Bertz CT molecular complexity index is 794. The number of fused-ring (bicyclic) bond motifs is 1. The quantitative estimate of drug-likeness (QED) is 0.512. The van der Waals surface area contributed by atoms with Gasteiger partial charge in [0.2, 0.25) is 5.82 Å². The number of aryl methyl sites for hydroxylation is 1. The van der Waals surface area contributed by atoms with Crippen LogP contribution in [0.1, 0.15) is 12.0 Å². The van der Waals surface area contributed by atoms with Crippen molar-refractivity contribution >= 4 is 18.6 Å². The van der Waals surface area contributed by atoms with Crippen molar-refractivity contribution in [2.24, 2.45) is 0 Å². The van der Waals surface area contributed by atoms with Gasteiger partial charge in [-0.15, -0.1) is 5.10 Å². The van der Waals surface area contributed by atoms with Crippen molar-refractivity contribution in [2.45, 2.75) is 12.8 Å². The number of nitrogens with one attached hydrogen (secondary N) is 2. The topological polar surface area (TPSA) is 141 Å². The van der Waals surface area contributed by atoms with Gasteiger partial charge in [0, 0.05) is 0 Å². The van der Waals surface area contributed by atoms with E-state index in [9.17, 15) is 4.57 Å². The zero-order valence-electron chi connectivity index (χ0n) is 10.9. The van der Waals surface area contributed by atoms with E-state index in [1.807, 2.05) is 18.2 Å². The van der Waals surface area contributed by atoms with E-state index in [0.717, 1.165) is 16.6 Å². The first kappa shape index (κ1) is 13.9. The first-order valence-electron chi connectivity index (χ1n) is 6.29. The van der Waals surface area contributed by atoms with Crippen LogP contribution in [0.2, 0.25) is 0 Å². The predicted molar refractivity (Wildman–Crippen MR) is 74.5 cm³/mol. The Morgan fingerprint density at radius 2 is 2.10 bits per heavy atom. The van der Waals surface area contributed by atoms with E-state index in [2.05, 4.69) is 30.6 Å². The average Bonchev–Trinajstić information content (AvgIpc) is 3.06.